The fourth-order valence-corrected chi connectivity index (χ4v) is 5.65. The van der Waals surface area contributed by atoms with Gasteiger partial charge in [-0.15, -0.1) is 0 Å². The van der Waals surface area contributed by atoms with Crippen molar-refractivity contribution < 1.29 is 23.9 Å². The molecule has 0 aromatic heterocycles. The van der Waals surface area contributed by atoms with Crippen molar-refractivity contribution in [2.24, 2.45) is 0 Å². The molecule has 11 heteroatoms. The number of halogens is 4. The van der Waals surface area contributed by atoms with E-state index in [2.05, 4.69) is 36.6 Å². The lowest BCUT2D eigenvalue weighted by Gasteiger charge is -2.18. The van der Waals surface area contributed by atoms with Crippen molar-refractivity contribution >= 4 is 90.0 Å². The number of imide groups is 1. The molecule has 0 bridgehead atoms. The van der Waals surface area contributed by atoms with Gasteiger partial charge in [0.05, 0.1) is 21.0 Å². The molecular formula is C21H15Br2Cl2NO5S. The van der Waals surface area contributed by atoms with Crippen LogP contribution in [0.3, 0.4) is 0 Å². The van der Waals surface area contributed by atoms with Crippen LogP contribution < -0.4 is 4.74 Å². The lowest BCUT2D eigenvalue weighted by Crippen LogP contribution is -2.42. The topological polar surface area (TPSA) is 72.9 Å². The normalized spacial score (nSPS) is 15.9. The molecule has 0 unspecified atom stereocenters. The van der Waals surface area contributed by atoms with Crippen molar-refractivity contribution in [3.05, 3.63) is 65.4 Å². The van der Waals surface area contributed by atoms with E-state index in [1.54, 1.807) is 36.4 Å². The standard InChI is InChI=1S/C21H15Br2Cl2NO5S/c1-10(20(28)30-2)26-19(27)17(32-21(26)29)7-11-5-14(22)18(15(23)6-11)31-9-12-3-4-13(24)8-16(12)25/h3-8,10H,9H2,1-2H3/b17-7+/t10-/m0/s1. The maximum absolute atomic E-state index is 12.7. The van der Waals surface area contributed by atoms with Gasteiger partial charge >= 0.3 is 5.97 Å². The predicted molar refractivity (Wildman–Crippen MR) is 132 cm³/mol. The smallest absolute Gasteiger partial charge is 0.328 e. The highest BCUT2D eigenvalue weighted by Crippen LogP contribution is 2.39. The number of thioether (sulfide) groups is 1. The molecular weight excluding hydrogens is 609 g/mol. The fraction of sp³-hybridized carbons (Fsp3) is 0.190. The summed E-state index contributed by atoms with van der Waals surface area (Å²) in [5, 5.41) is 0.506. The summed E-state index contributed by atoms with van der Waals surface area (Å²) in [7, 11) is 1.20. The minimum absolute atomic E-state index is 0.200. The second kappa shape index (κ2) is 10.6. The molecule has 0 spiro atoms. The zero-order valence-electron chi connectivity index (χ0n) is 16.7. The summed E-state index contributed by atoms with van der Waals surface area (Å²) >= 11 is 19.8. The first-order valence-electron chi connectivity index (χ1n) is 9.03. The quantitative estimate of drug-likeness (QED) is 0.264. The molecule has 168 valence electrons. The first-order chi connectivity index (χ1) is 15.1. The van der Waals surface area contributed by atoms with E-state index in [1.165, 1.54) is 14.0 Å². The van der Waals surface area contributed by atoms with E-state index in [4.69, 9.17) is 27.9 Å². The number of hydrogen-bond acceptors (Lipinski definition) is 6. The van der Waals surface area contributed by atoms with Crippen molar-refractivity contribution in [2.75, 3.05) is 7.11 Å². The Balaban J connectivity index is 1.80. The second-order valence-electron chi connectivity index (χ2n) is 6.59. The summed E-state index contributed by atoms with van der Waals surface area (Å²) in [4.78, 5) is 37.8. The molecule has 6 nitrogen and oxygen atoms in total. The Labute approximate surface area is 215 Å². The number of amides is 2. The van der Waals surface area contributed by atoms with Crippen LogP contribution in [0.2, 0.25) is 10.0 Å². The lowest BCUT2D eigenvalue weighted by atomic mass is 10.2. The first kappa shape index (κ1) is 25.1. The molecule has 0 saturated carbocycles. The Morgan fingerprint density at radius 2 is 1.84 bits per heavy atom. The van der Waals surface area contributed by atoms with Gasteiger partial charge in [-0.25, -0.2) is 4.79 Å². The van der Waals surface area contributed by atoms with Crippen LogP contribution in [0.1, 0.15) is 18.1 Å². The van der Waals surface area contributed by atoms with Crippen LogP contribution in [0.25, 0.3) is 6.08 Å². The summed E-state index contributed by atoms with van der Waals surface area (Å²) in [5.41, 5.74) is 1.42. The molecule has 3 rings (SSSR count). The van der Waals surface area contributed by atoms with Gasteiger partial charge in [-0.1, -0.05) is 29.3 Å². The number of esters is 1. The number of nitrogens with zero attached hydrogens (tertiary/aromatic N) is 1. The molecule has 0 N–H and O–H groups in total. The van der Waals surface area contributed by atoms with Crippen LogP contribution in [-0.4, -0.2) is 35.2 Å². The van der Waals surface area contributed by atoms with Crippen LogP contribution in [0, 0.1) is 0 Å². The summed E-state index contributed by atoms with van der Waals surface area (Å²) < 4.78 is 11.8. The van der Waals surface area contributed by atoms with E-state index in [1.807, 2.05) is 0 Å². The van der Waals surface area contributed by atoms with Crippen LogP contribution >= 0.6 is 66.8 Å². The lowest BCUT2D eigenvalue weighted by molar-refractivity contribution is -0.148. The van der Waals surface area contributed by atoms with E-state index in [9.17, 15) is 14.4 Å². The average Bonchev–Trinajstić information content (AvgIpc) is 3.00. The Kier molecular flexibility index (Phi) is 8.32. The van der Waals surface area contributed by atoms with Crippen molar-refractivity contribution in [1.29, 1.82) is 0 Å². The SMILES string of the molecule is COC(=O)[C@H](C)N1C(=O)S/C(=C/c2cc(Br)c(OCc3ccc(Cl)cc3Cl)c(Br)c2)C1=O. The molecule has 2 amide bonds. The third-order valence-electron chi connectivity index (χ3n) is 4.46. The highest BCUT2D eigenvalue weighted by Gasteiger charge is 2.41. The molecule has 2 aromatic carbocycles. The van der Waals surface area contributed by atoms with Gasteiger partial charge < -0.3 is 9.47 Å². The van der Waals surface area contributed by atoms with Crippen molar-refractivity contribution in [3.63, 3.8) is 0 Å². The van der Waals surface area contributed by atoms with Gasteiger partial charge in [-0.3, -0.25) is 14.5 Å². The number of benzene rings is 2. The van der Waals surface area contributed by atoms with E-state index >= 15 is 0 Å². The monoisotopic (exact) mass is 621 g/mol. The van der Waals surface area contributed by atoms with Gasteiger partial charge in [-0.05, 0) is 86.5 Å². The Morgan fingerprint density at radius 3 is 2.44 bits per heavy atom. The molecule has 1 fully saturated rings. The zero-order chi connectivity index (χ0) is 23.6. The maximum atomic E-state index is 12.7. The summed E-state index contributed by atoms with van der Waals surface area (Å²) in [6.45, 7) is 1.66. The summed E-state index contributed by atoms with van der Waals surface area (Å²) in [6.07, 6.45) is 1.57. The number of hydrogen-bond donors (Lipinski definition) is 0. The maximum Gasteiger partial charge on any atom is 0.328 e. The molecule has 1 atom stereocenters. The number of rotatable bonds is 6. The number of carbonyl (C=O) groups excluding carboxylic acids is 3. The number of methoxy groups -OCH3 is 1. The van der Waals surface area contributed by atoms with E-state index in [-0.39, 0.29) is 11.5 Å². The molecule has 32 heavy (non-hydrogen) atoms. The molecule has 0 aliphatic carbocycles. The fourth-order valence-electron chi connectivity index (χ4n) is 2.83. The van der Waals surface area contributed by atoms with Crippen molar-refractivity contribution in [3.8, 4) is 5.75 Å². The molecule has 1 saturated heterocycles. The van der Waals surface area contributed by atoms with Crippen molar-refractivity contribution in [2.45, 2.75) is 19.6 Å². The minimum atomic E-state index is -1.01. The van der Waals surface area contributed by atoms with E-state index < -0.39 is 23.2 Å². The molecule has 2 aromatic rings. The average molecular weight is 624 g/mol. The summed E-state index contributed by atoms with van der Waals surface area (Å²) in [6, 6.07) is 7.65. The van der Waals surface area contributed by atoms with Crippen LogP contribution in [-0.2, 0) is 20.9 Å². The zero-order valence-corrected chi connectivity index (χ0v) is 22.2. The van der Waals surface area contributed by atoms with Crippen LogP contribution in [0.5, 0.6) is 5.75 Å². The summed E-state index contributed by atoms with van der Waals surface area (Å²) in [5.74, 6) is -0.676. The molecule has 1 heterocycles. The van der Waals surface area contributed by atoms with Crippen LogP contribution in [0.4, 0.5) is 4.79 Å². The highest BCUT2D eigenvalue weighted by molar-refractivity contribution is 9.11. The van der Waals surface area contributed by atoms with Gasteiger partial charge in [0, 0.05) is 15.6 Å². The van der Waals surface area contributed by atoms with Crippen molar-refractivity contribution in [1.82, 2.24) is 4.90 Å². The first-order valence-corrected chi connectivity index (χ1v) is 12.2. The van der Waals surface area contributed by atoms with Gasteiger partial charge in [-0.2, -0.15) is 0 Å². The molecule has 0 radical (unpaired) electrons. The van der Waals surface area contributed by atoms with E-state index in [0.29, 0.717) is 30.3 Å². The second-order valence-corrected chi connectivity index (χ2v) is 10.1. The van der Waals surface area contributed by atoms with Crippen LogP contribution in [0.15, 0.2) is 44.2 Å². The van der Waals surface area contributed by atoms with Gasteiger partial charge in [0.1, 0.15) is 18.4 Å². The largest absolute Gasteiger partial charge is 0.486 e. The van der Waals surface area contributed by atoms with E-state index in [0.717, 1.165) is 22.2 Å². The third-order valence-corrected chi connectivity index (χ3v) is 7.11. The number of ether oxygens (including phenoxy) is 2. The minimum Gasteiger partial charge on any atom is -0.486 e. The third kappa shape index (κ3) is 5.51. The Bertz CT molecular complexity index is 1120. The highest BCUT2D eigenvalue weighted by atomic mass is 79.9. The molecule has 1 aliphatic heterocycles. The predicted octanol–water partition coefficient (Wildman–Crippen LogP) is 6.70. The van der Waals surface area contributed by atoms with Gasteiger partial charge in [0.15, 0.2) is 0 Å². The van der Waals surface area contributed by atoms with Gasteiger partial charge in [0.2, 0.25) is 0 Å². The Hall–Kier alpha value is -1.52. The molecule has 1 aliphatic rings. The van der Waals surface area contributed by atoms with Gasteiger partial charge in [0.25, 0.3) is 11.1 Å². The number of carbonyl (C=O) groups is 3. The Morgan fingerprint density at radius 1 is 1.19 bits per heavy atom.